The summed E-state index contributed by atoms with van der Waals surface area (Å²) in [6.07, 6.45) is 0. The quantitative estimate of drug-likeness (QED) is 0.425. The number of alkyl halides is 5. The van der Waals surface area contributed by atoms with E-state index in [0.717, 1.165) is 0 Å². The van der Waals surface area contributed by atoms with Crippen molar-refractivity contribution in [2.24, 2.45) is 0 Å². The molecule has 0 unspecified atom stereocenters. The summed E-state index contributed by atoms with van der Waals surface area (Å²) in [5, 5.41) is -21.2. The summed E-state index contributed by atoms with van der Waals surface area (Å²) >= 11 is 0. The van der Waals surface area contributed by atoms with Gasteiger partial charge in [0.15, 0.2) is 0 Å². The predicted molar refractivity (Wildman–Crippen MR) is 48.4 cm³/mol. The van der Waals surface area contributed by atoms with Crippen LogP contribution in [0.25, 0.3) is 0 Å². The Labute approximate surface area is 107 Å². The molecule has 0 radical (unpaired) electrons. The highest BCUT2D eigenvalue weighted by Crippen LogP contribution is 2.51. The molecule has 0 aromatic rings. The zero-order chi connectivity index (χ0) is 17.0. The van der Waals surface area contributed by atoms with Crippen LogP contribution in [0.2, 0.25) is 0 Å². The van der Waals surface area contributed by atoms with E-state index in [1.807, 2.05) is 0 Å². The first kappa shape index (κ1) is 19.4. The van der Waals surface area contributed by atoms with E-state index in [9.17, 15) is 47.2 Å². The van der Waals surface area contributed by atoms with Crippen molar-refractivity contribution in [2.45, 2.75) is 15.5 Å². The molecule has 0 aromatic heterocycles. The molecular weight excluding hydrogens is 371 g/mol. The molecular formula is C3H3F5O9S3. The molecule has 0 saturated carbocycles. The van der Waals surface area contributed by atoms with E-state index in [4.69, 9.17) is 13.7 Å². The Kier molecular flexibility index (Phi) is 4.30. The molecule has 0 rings (SSSR count). The monoisotopic (exact) mass is 374 g/mol. The lowest BCUT2D eigenvalue weighted by atomic mass is 10.4. The molecule has 17 heteroatoms. The van der Waals surface area contributed by atoms with Crippen LogP contribution in [-0.4, -0.2) is 54.4 Å². The van der Waals surface area contributed by atoms with Gasteiger partial charge in [0.05, 0.1) is 0 Å². The average Bonchev–Trinajstić information content (AvgIpc) is 2.10. The summed E-state index contributed by atoms with van der Waals surface area (Å²) in [6.45, 7) is 0. The summed E-state index contributed by atoms with van der Waals surface area (Å²) in [6, 6.07) is 0. The van der Waals surface area contributed by atoms with E-state index in [2.05, 4.69) is 0 Å². The third-order valence-electron chi connectivity index (χ3n) is 1.75. The van der Waals surface area contributed by atoms with Gasteiger partial charge in [-0.05, 0) is 0 Å². The minimum atomic E-state index is -7.49. The summed E-state index contributed by atoms with van der Waals surface area (Å²) in [5.74, 6) is 0. The van der Waals surface area contributed by atoms with E-state index >= 15 is 0 Å². The summed E-state index contributed by atoms with van der Waals surface area (Å²) in [5.41, 5.74) is 0. The second-order valence-corrected chi connectivity index (χ2v) is 7.49. The predicted octanol–water partition coefficient (Wildman–Crippen LogP) is -0.499. The van der Waals surface area contributed by atoms with Gasteiger partial charge in [-0.1, -0.05) is 0 Å². The first-order chi connectivity index (χ1) is 8.25. The van der Waals surface area contributed by atoms with E-state index in [-0.39, 0.29) is 0 Å². The SMILES string of the molecule is O=S(=O)(O)C(F)(F)C(F)(C(F)(F)S(=O)(=O)O)S(=O)(=O)O. The van der Waals surface area contributed by atoms with E-state index in [0.29, 0.717) is 0 Å². The molecule has 0 aliphatic carbocycles. The molecule has 0 bridgehead atoms. The minimum Gasteiger partial charge on any atom is -0.283 e. The number of hydrogen-bond donors (Lipinski definition) is 3. The van der Waals surface area contributed by atoms with Crippen LogP contribution < -0.4 is 0 Å². The molecule has 0 aliphatic rings. The molecule has 0 saturated heterocycles. The molecule has 0 aliphatic heterocycles. The van der Waals surface area contributed by atoms with E-state index in [1.165, 1.54) is 0 Å². The Bertz CT molecular complexity index is 658. The average molecular weight is 374 g/mol. The zero-order valence-electron chi connectivity index (χ0n) is 8.41. The Morgan fingerprint density at radius 2 is 0.750 bits per heavy atom. The summed E-state index contributed by atoms with van der Waals surface area (Å²) in [4.78, 5) is 0. The Morgan fingerprint density at radius 1 is 0.550 bits per heavy atom. The molecule has 0 atom stereocenters. The molecule has 9 nitrogen and oxygen atoms in total. The maximum atomic E-state index is 13.4. The lowest BCUT2D eigenvalue weighted by Gasteiger charge is -2.32. The van der Waals surface area contributed by atoms with Crippen molar-refractivity contribution < 1.29 is 60.9 Å². The smallest absolute Gasteiger partial charge is 0.283 e. The number of hydrogen-bond acceptors (Lipinski definition) is 6. The van der Waals surface area contributed by atoms with Crippen LogP contribution in [0.4, 0.5) is 22.0 Å². The first-order valence-corrected chi connectivity index (χ1v) is 7.93. The normalized spacial score (nSPS) is 16.2. The van der Waals surface area contributed by atoms with Gasteiger partial charge in [-0.15, -0.1) is 0 Å². The van der Waals surface area contributed by atoms with Crippen molar-refractivity contribution in [3.63, 3.8) is 0 Å². The highest BCUT2D eigenvalue weighted by atomic mass is 32.2. The topological polar surface area (TPSA) is 163 Å². The maximum Gasteiger partial charge on any atom is 0.427 e. The Morgan fingerprint density at radius 3 is 0.850 bits per heavy atom. The van der Waals surface area contributed by atoms with Crippen molar-refractivity contribution in [2.75, 3.05) is 0 Å². The van der Waals surface area contributed by atoms with E-state index in [1.54, 1.807) is 0 Å². The minimum absolute atomic E-state index is 7.05. The third kappa shape index (κ3) is 2.37. The highest BCUT2D eigenvalue weighted by Gasteiger charge is 2.87. The van der Waals surface area contributed by atoms with Crippen LogP contribution in [-0.2, 0) is 30.4 Å². The van der Waals surface area contributed by atoms with Crippen molar-refractivity contribution >= 4 is 30.4 Å². The standard InChI is InChI=1S/C3H3F5O9S3/c4-1(18(9,10)11,2(5,6)19(12,13)14)3(7,8)20(15,16)17/h(H,9,10,11)(H,12,13,14)(H,15,16,17). The fraction of sp³-hybridized carbons (Fsp3) is 1.00. The van der Waals surface area contributed by atoms with Gasteiger partial charge in [-0.3, -0.25) is 13.7 Å². The summed E-state index contributed by atoms with van der Waals surface area (Å²) < 4.78 is 150. The molecule has 0 heterocycles. The molecule has 20 heavy (non-hydrogen) atoms. The number of rotatable bonds is 5. The molecule has 3 N–H and O–H groups in total. The molecule has 0 spiro atoms. The fourth-order valence-electron chi connectivity index (χ4n) is 0.802. The highest BCUT2D eigenvalue weighted by molar-refractivity contribution is 7.93. The van der Waals surface area contributed by atoms with Crippen molar-refractivity contribution in [3.05, 3.63) is 0 Å². The van der Waals surface area contributed by atoms with Crippen molar-refractivity contribution in [3.8, 4) is 0 Å². The molecule has 0 aromatic carbocycles. The van der Waals surface area contributed by atoms with E-state index < -0.39 is 45.9 Å². The van der Waals surface area contributed by atoms with Crippen LogP contribution >= 0.6 is 0 Å². The van der Waals surface area contributed by atoms with Crippen LogP contribution in [0.3, 0.4) is 0 Å². The third-order valence-corrected chi connectivity index (χ3v) is 5.09. The first-order valence-electron chi connectivity index (χ1n) is 3.61. The van der Waals surface area contributed by atoms with Crippen LogP contribution in [0.1, 0.15) is 0 Å². The second-order valence-electron chi connectivity index (χ2n) is 3.05. The van der Waals surface area contributed by atoms with Gasteiger partial charge in [0.1, 0.15) is 0 Å². The van der Waals surface area contributed by atoms with Crippen molar-refractivity contribution in [1.82, 2.24) is 0 Å². The van der Waals surface area contributed by atoms with Gasteiger partial charge < -0.3 is 0 Å². The lowest BCUT2D eigenvalue weighted by molar-refractivity contribution is -0.133. The maximum absolute atomic E-state index is 13.4. The zero-order valence-corrected chi connectivity index (χ0v) is 10.9. The molecule has 0 fully saturated rings. The van der Waals surface area contributed by atoms with Gasteiger partial charge in [0.25, 0.3) is 0 Å². The Balaban J connectivity index is 7.01. The molecule has 0 amide bonds. The van der Waals surface area contributed by atoms with Gasteiger partial charge in [-0.25, -0.2) is 4.39 Å². The second kappa shape index (κ2) is 4.44. The summed E-state index contributed by atoms with van der Waals surface area (Å²) in [7, 11) is -22.1. The lowest BCUT2D eigenvalue weighted by Crippen LogP contribution is -2.66. The van der Waals surface area contributed by atoms with Gasteiger partial charge in [0, 0.05) is 0 Å². The van der Waals surface area contributed by atoms with Crippen molar-refractivity contribution in [1.29, 1.82) is 0 Å². The largest absolute Gasteiger partial charge is 0.427 e. The van der Waals surface area contributed by atoms with Gasteiger partial charge in [-0.2, -0.15) is 42.8 Å². The number of halogens is 5. The van der Waals surface area contributed by atoms with Crippen LogP contribution in [0.15, 0.2) is 0 Å². The fourth-order valence-corrected chi connectivity index (χ4v) is 3.65. The molecule has 122 valence electrons. The van der Waals surface area contributed by atoms with Gasteiger partial charge in [0.2, 0.25) is 0 Å². The van der Waals surface area contributed by atoms with Crippen LogP contribution in [0.5, 0.6) is 0 Å². The Hall–Kier alpha value is -0.620. The van der Waals surface area contributed by atoms with Crippen LogP contribution in [0, 0.1) is 0 Å². The van der Waals surface area contributed by atoms with Gasteiger partial charge >= 0.3 is 45.9 Å².